The van der Waals surface area contributed by atoms with Gasteiger partial charge in [-0.05, 0) is 48.7 Å². The van der Waals surface area contributed by atoms with Gasteiger partial charge in [0, 0.05) is 50.1 Å². The lowest BCUT2D eigenvalue weighted by Crippen LogP contribution is -2.31. The van der Waals surface area contributed by atoms with Crippen molar-refractivity contribution in [1.29, 1.82) is 5.26 Å². The SMILES string of the molecule is Cn1nccc1[C@@H](NC(=O)c1ccc2cnc(NC3CCOCC3)cc2n1)c1ccc(C#N)c(Cl)c1. The Morgan fingerprint density at radius 2 is 2.06 bits per heavy atom. The van der Waals surface area contributed by atoms with Crippen molar-refractivity contribution in [3.05, 3.63) is 82.4 Å². The molecule has 0 unspecified atom stereocenters. The number of benzene rings is 1. The number of anilines is 1. The number of rotatable bonds is 6. The molecule has 3 aromatic heterocycles. The van der Waals surface area contributed by atoms with Crippen LogP contribution in [0.2, 0.25) is 5.02 Å². The van der Waals surface area contributed by atoms with Crippen LogP contribution in [0.3, 0.4) is 0 Å². The highest BCUT2D eigenvalue weighted by Crippen LogP contribution is 2.27. The number of amides is 1. The molecule has 4 heterocycles. The fraction of sp³-hybridized carbons (Fsp3) is 0.269. The number of aromatic nitrogens is 4. The number of nitrogens with zero attached hydrogens (tertiary/aromatic N) is 5. The molecule has 5 rings (SSSR count). The zero-order chi connectivity index (χ0) is 25.1. The summed E-state index contributed by atoms with van der Waals surface area (Å²) in [5, 5.41) is 21.1. The number of nitrogens with one attached hydrogen (secondary N) is 2. The van der Waals surface area contributed by atoms with Crippen LogP contribution in [0, 0.1) is 11.3 Å². The number of ether oxygens (including phenoxy) is 1. The number of nitriles is 1. The van der Waals surface area contributed by atoms with Crippen LogP contribution in [0.25, 0.3) is 10.9 Å². The Balaban J connectivity index is 1.42. The lowest BCUT2D eigenvalue weighted by Gasteiger charge is -2.23. The number of carbonyl (C=O) groups is 1. The molecular weight excluding hydrogens is 478 g/mol. The summed E-state index contributed by atoms with van der Waals surface area (Å²) in [7, 11) is 1.80. The highest BCUT2D eigenvalue weighted by molar-refractivity contribution is 6.31. The van der Waals surface area contributed by atoms with Gasteiger partial charge in [0.2, 0.25) is 0 Å². The minimum atomic E-state index is -0.545. The Bertz CT molecular complexity index is 1460. The molecule has 0 aliphatic carbocycles. The summed E-state index contributed by atoms with van der Waals surface area (Å²) in [4.78, 5) is 22.5. The van der Waals surface area contributed by atoms with Gasteiger partial charge in [-0.2, -0.15) is 10.4 Å². The maximum absolute atomic E-state index is 13.4. The van der Waals surface area contributed by atoms with E-state index in [4.69, 9.17) is 16.3 Å². The first-order valence-corrected chi connectivity index (χ1v) is 12.0. The predicted molar refractivity (Wildman–Crippen MR) is 136 cm³/mol. The van der Waals surface area contributed by atoms with Crippen LogP contribution in [-0.2, 0) is 11.8 Å². The molecule has 9 nitrogen and oxygen atoms in total. The van der Waals surface area contributed by atoms with Gasteiger partial charge in [-0.15, -0.1) is 0 Å². The molecule has 1 aromatic carbocycles. The summed E-state index contributed by atoms with van der Waals surface area (Å²) < 4.78 is 7.11. The van der Waals surface area contributed by atoms with E-state index in [0.29, 0.717) is 22.1 Å². The average molecular weight is 502 g/mol. The monoisotopic (exact) mass is 501 g/mol. The summed E-state index contributed by atoms with van der Waals surface area (Å²) >= 11 is 6.29. The fourth-order valence-corrected chi connectivity index (χ4v) is 4.51. The van der Waals surface area contributed by atoms with Crippen LogP contribution in [0.1, 0.15) is 46.2 Å². The van der Waals surface area contributed by atoms with Crippen molar-refractivity contribution in [2.24, 2.45) is 7.05 Å². The van der Waals surface area contributed by atoms with E-state index in [1.54, 1.807) is 48.4 Å². The summed E-state index contributed by atoms with van der Waals surface area (Å²) in [6.45, 7) is 1.46. The van der Waals surface area contributed by atoms with E-state index < -0.39 is 6.04 Å². The molecule has 1 aliphatic rings. The topological polar surface area (TPSA) is 118 Å². The molecule has 182 valence electrons. The van der Waals surface area contributed by atoms with Crippen LogP contribution < -0.4 is 10.6 Å². The number of fused-ring (bicyclic) bond motifs is 1. The third-order valence-corrected chi connectivity index (χ3v) is 6.57. The van der Waals surface area contributed by atoms with Crippen molar-refractivity contribution in [3.63, 3.8) is 0 Å². The molecule has 4 aromatic rings. The van der Waals surface area contributed by atoms with E-state index in [1.165, 1.54) is 0 Å². The minimum Gasteiger partial charge on any atom is -0.381 e. The molecular formula is C26H24ClN7O2. The molecule has 1 aliphatic heterocycles. The van der Waals surface area contributed by atoms with Gasteiger partial charge in [0.25, 0.3) is 5.91 Å². The van der Waals surface area contributed by atoms with E-state index in [9.17, 15) is 10.1 Å². The molecule has 1 atom stereocenters. The second-order valence-electron chi connectivity index (χ2n) is 8.63. The normalized spacial score (nSPS) is 14.8. The Morgan fingerprint density at radius 1 is 1.22 bits per heavy atom. The molecule has 0 spiro atoms. The summed E-state index contributed by atoms with van der Waals surface area (Å²) in [5.41, 5.74) is 2.80. The smallest absolute Gasteiger partial charge is 0.270 e. The van der Waals surface area contributed by atoms with Crippen LogP contribution in [0.5, 0.6) is 0 Å². The molecule has 0 bridgehead atoms. The molecule has 36 heavy (non-hydrogen) atoms. The van der Waals surface area contributed by atoms with E-state index >= 15 is 0 Å². The number of halogens is 1. The first-order valence-electron chi connectivity index (χ1n) is 11.6. The van der Waals surface area contributed by atoms with Gasteiger partial charge in [-0.1, -0.05) is 17.7 Å². The molecule has 1 saturated heterocycles. The van der Waals surface area contributed by atoms with E-state index in [2.05, 4.69) is 31.8 Å². The minimum absolute atomic E-state index is 0.276. The van der Waals surface area contributed by atoms with E-state index in [-0.39, 0.29) is 11.6 Å². The van der Waals surface area contributed by atoms with Gasteiger partial charge in [0.05, 0.1) is 27.8 Å². The summed E-state index contributed by atoms with van der Waals surface area (Å²) in [6.07, 6.45) is 5.26. The third kappa shape index (κ3) is 5.00. The van der Waals surface area contributed by atoms with Crippen molar-refractivity contribution in [2.75, 3.05) is 18.5 Å². The number of hydrogen-bond donors (Lipinski definition) is 2. The standard InChI is InChI=1S/C26H24ClN7O2/c1-34-23(6-9-30-34)25(16-2-3-17(14-28)20(27)12-16)33-26(35)21-5-4-18-15-29-24(13-22(18)32-21)31-19-7-10-36-11-8-19/h2-6,9,12-13,15,19,25H,7-8,10-11H2,1H3,(H,29,31)(H,33,35)/t25-/m0/s1. The molecule has 0 radical (unpaired) electrons. The molecule has 1 fully saturated rings. The Hall–Kier alpha value is -4.00. The Labute approximate surface area is 213 Å². The first kappa shape index (κ1) is 23.7. The van der Waals surface area contributed by atoms with Gasteiger partial charge in [-0.25, -0.2) is 9.97 Å². The lowest BCUT2D eigenvalue weighted by molar-refractivity contribution is 0.0903. The van der Waals surface area contributed by atoms with Crippen LogP contribution in [0.15, 0.2) is 54.9 Å². The van der Waals surface area contributed by atoms with Gasteiger partial charge in [0.1, 0.15) is 17.6 Å². The fourth-order valence-electron chi connectivity index (χ4n) is 4.27. The van der Waals surface area contributed by atoms with Gasteiger partial charge < -0.3 is 15.4 Å². The molecule has 10 heteroatoms. The average Bonchev–Trinajstić information content (AvgIpc) is 3.32. The Morgan fingerprint density at radius 3 is 2.78 bits per heavy atom. The summed E-state index contributed by atoms with van der Waals surface area (Å²) in [5.74, 6) is 0.374. The largest absolute Gasteiger partial charge is 0.381 e. The number of carbonyl (C=O) groups excluding carboxylic acids is 1. The van der Waals surface area contributed by atoms with Crippen molar-refractivity contribution >= 4 is 34.2 Å². The van der Waals surface area contributed by atoms with Crippen molar-refractivity contribution in [3.8, 4) is 6.07 Å². The van der Waals surface area contributed by atoms with Gasteiger partial charge >= 0.3 is 0 Å². The number of hydrogen-bond acceptors (Lipinski definition) is 7. The van der Waals surface area contributed by atoms with Crippen LogP contribution in [0.4, 0.5) is 5.82 Å². The first-order chi connectivity index (χ1) is 17.5. The van der Waals surface area contributed by atoms with Crippen LogP contribution in [-0.4, -0.2) is 44.9 Å². The number of pyridine rings is 2. The van der Waals surface area contributed by atoms with Crippen molar-refractivity contribution < 1.29 is 9.53 Å². The lowest BCUT2D eigenvalue weighted by atomic mass is 10.0. The second kappa shape index (κ2) is 10.3. The molecule has 0 saturated carbocycles. The van der Waals surface area contributed by atoms with Crippen molar-refractivity contribution in [1.82, 2.24) is 25.1 Å². The van der Waals surface area contributed by atoms with E-state index in [1.807, 2.05) is 18.2 Å². The van der Waals surface area contributed by atoms with Gasteiger partial charge in [-0.3, -0.25) is 9.48 Å². The Kier molecular flexibility index (Phi) is 6.80. The maximum atomic E-state index is 13.4. The maximum Gasteiger partial charge on any atom is 0.270 e. The van der Waals surface area contributed by atoms with Gasteiger partial charge in [0.15, 0.2) is 0 Å². The molecule has 2 N–H and O–H groups in total. The second-order valence-corrected chi connectivity index (χ2v) is 9.03. The zero-order valence-electron chi connectivity index (χ0n) is 19.6. The van der Waals surface area contributed by atoms with Crippen LogP contribution >= 0.6 is 11.6 Å². The highest BCUT2D eigenvalue weighted by Gasteiger charge is 2.22. The predicted octanol–water partition coefficient (Wildman–Crippen LogP) is 4.00. The zero-order valence-corrected chi connectivity index (χ0v) is 20.4. The quantitative estimate of drug-likeness (QED) is 0.410. The summed E-state index contributed by atoms with van der Waals surface area (Å²) in [6, 6.07) is 14.1. The van der Waals surface area contributed by atoms with E-state index in [0.717, 1.165) is 48.5 Å². The number of aryl methyl sites for hydroxylation is 1. The van der Waals surface area contributed by atoms with Crippen molar-refractivity contribution in [2.45, 2.75) is 24.9 Å². The third-order valence-electron chi connectivity index (χ3n) is 6.26. The molecule has 1 amide bonds. The highest BCUT2D eigenvalue weighted by atomic mass is 35.5.